The van der Waals surface area contributed by atoms with Gasteiger partial charge in [-0.15, -0.1) is 0 Å². The molecule has 0 aliphatic rings. The lowest BCUT2D eigenvalue weighted by molar-refractivity contribution is -0.137. The van der Waals surface area contributed by atoms with Crippen LogP contribution in [0.3, 0.4) is 0 Å². The molecule has 0 radical (unpaired) electrons. The first-order valence-electron chi connectivity index (χ1n) is 6.11. The first-order valence-corrected chi connectivity index (χ1v) is 6.90. The van der Waals surface area contributed by atoms with Gasteiger partial charge in [-0.3, -0.25) is 0 Å². The minimum absolute atomic E-state index is 0.267. The van der Waals surface area contributed by atoms with E-state index in [1.54, 1.807) is 6.07 Å². The number of hydrogen-bond donors (Lipinski definition) is 1. The minimum Gasteiger partial charge on any atom is -0.374 e. The van der Waals surface area contributed by atoms with Gasteiger partial charge in [0.1, 0.15) is 0 Å². The third-order valence-electron chi connectivity index (χ3n) is 2.61. The molecule has 5 heteroatoms. The Morgan fingerprint density at radius 2 is 1.76 bits per heavy atom. The zero-order chi connectivity index (χ0) is 15.3. The van der Waals surface area contributed by atoms with E-state index < -0.39 is 11.7 Å². The molecule has 0 aliphatic carbocycles. The molecular weight excluding hydrogens is 343 g/mol. The van der Waals surface area contributed by atoms with E-state index in [9.17, 15) is 13.2 Å². The van der Waals surface area contributed by atoms with Crippen LogP contribution in [-0.4, -0.2) is 6.54 Å². The predicted octanol–water partition coefficient (Wildman–Crippen LogP) is 4.93. The van der Waals surface area contributed by atoms with Gasteiger partial charge in [-0.2, -0.15) is 13.2 Å². The molecule has 0 aromatic heterocycles. The summed E-state index contributed by atoms with van der Waals surface area (Å²) in [5.41, 5.74) is 0.541. The maximum absolute atomic E-state index is 12.7. The van der Waals surface area contributed by atoms with Gasteiger partial charge in [0.15, 0.2) is 0 Å². The highest BCUT2D eigenvalue weighted by Crippen LogP contribution is 2.33. The van der Waals surface area contributed by atoms with Crippen molar-refractivity contribution in [3.8, 4) is 11.8 Å². The van der Waals surface area contributed by atoms with Crippen LogP contribution < -0.4 is 5.32 Å². The van der Waals surface area contributed by atoms with Crippen LogP contribution in [0.1, 0.15) is 11.1 Å². The normalized spacial score (nSPS) is 10.7. The average molecular weight is 354 g/mol. The number of halogens is 4. The van der Waals surface area contributed by atoms with Crippen LogP contribution in [0.25, 0.3) is 0 Å². The molecule has 0 aliphatic heterocycles. The van der Waals surface area contributed by atoms with Crippen molar-refractivity contribution in [1.29, 1.82) is 0 Å². The van der Waals surface area contributed by atoms with Gasteiger partial charge in [0.05, 0.1) is 12.1 Å². The van der Waals surface area contributed by atoms with E-state index in [1.165, 1.54) is 0 Å². The summed E-state index contributed by atoms with van der Waals surface area (Å²) in [6.45, 7) is 0.267. The SMILES string of the molecule is FC(F)(F)c1cc(Br)cc(NCC#Cc2ccccc2)c1. The lowest BCUT2D eigenvalue weighted by Gasteiger charge is -2.10. The molecule has 1 nitrogen and oxygen atoms in total. The van der Waals surface area contributed by atoms with E-state index in [0.29, 0.717) is 10.2 Å². The van der Waals surface area contributed by atoms with Crippen LogP contribution in [-0.2, 0) is 6.18 Å². The highest BCUT2D eigenvalue weighted by atomic mass is 79.9. The third kappa shape index (κ3) is 4.83. The molecule has 0 heterocycles. The second-order valence-electron chi connectivity index (χ2n) is 4.25. The monoisotopic (exact) mass is 353 g/mol. The zero-order valence-electron chi connectivity index (χ0n) is 10.8. The van der Waals surface area contributed by atoms with Crippen molar-refractivity contribution < 1.29 is 13.2 Å². The highest BCUT2D eigenvalue weighted by Gasteiger charge is 2.31. The van der Waals surface area contributed by atoms with Crippen LogP contribution in [0, 0.1) is 11.8 Å². The summed E-state index contributed by atoms with van der Waals surface area (Å²) in [5.74, 6) is 5.80. The molecular formula is C16H11BrF3N. The van der Waals surface area contributed by atoms with Crippen molar-refractivity contribution in [2.24, 2.45) is 0 Å². The molecule has 0 unspecified atom stereocenters. The standard InChI is InChI=1S/C16H11BrF3N/c17-14-9-13(16(18,19)20)10-15(11-14)21-8-4-7-12-5-2-1-3-6-12/h1-3,5-6,9-11,21H,8H2. The van der Waals surface area contributed by atoms with E-state index >= 15 is 0 Å². The molecule has 0 bridgehead atoms. The Hall–Kier alpha value is -1.93. The Labute approximate surface area is 129 Å². The predicted molar refractivity (Wildman–Crippen MR) is 81.0 cm³/mol. The Morgan fingerprint density at radius 1 is 1.05 bits per heavy atom. The van der Waals surface area contributed by atoms with Crippen molar-refractivity contribution in [3.05, 3.63) is 64.1 Å². The summed E-state index contributed by atoms with van der Waals surface area (Å²) >= 11 is 3.08. The van der Waals surface area contributed by atoms with E-state index in [1.807, 2.05) is 30.3 Å². The Kier molecular flexibility index (Phi) is 4.92. The number of anilines is 1. The summed E-state index contributed by atoms with van der Waals surface area (Å²) in [4.78, 5) is 0. The second-order valence-corrected chi connectivity index (χ2v) is 5.16. The second kappa shape index (κ2) is 6.68. The molecule has 0 atom stereocenters. The summed E-state index contributed by atoms with van der Waals surface area (Å²) < 4.78 is 38.4. The lowest BCUT2D eigenvalue weighted by Crippen LogP contribution is -2.07. The summed E-state index contributed by atoms with van der Waals surface area (Å²) in [6.07, 6.45) is -4.37. The summed E-state index contributed by atoms with van der Waals surface area (Å²) in [7, 11) is 0. The molecule has 1 N–H and O–H groups in total. The molecule has 2 rings (SSSR count). The van der Waals surface area contributed by atoms with Crippen molar-refractivity contribution in [2.45, 2.75) is 6.18 Å². The molecule has 21 heavy (non-hydrogen) atoms. The summed E-state index contributed by atoms with van der Waals surface area (Å²) in [5, 5.41) is 2.86. The van der Waals surface area contributed by atoms with Gasteiger partial charge < -0.3 is 5.32 Å². The van der Waals surface area contributed by atoms with E-state index in [-0.39, 0.29) is 6.54 Å². The van der Waals surface area contributed by atoms with Gasteiger partial charge in [0.2, 0.25) is 0 Å². The number of hydrogen-bond acceptors (Lipinski definition) is 1. The molecule has 108 valence electrons. The molecule has 0 saturated heterocycles. The highest BCUT2D eigenvalue weighted by molar-refractivity contribution is 9.10. The van der Waals surface area contributed by atoms with Crippen molar-refractivity contribution in [2.75, 3.05) is 11.9 Å². The smallest absolute Gasteiger partial charge is 0.374 e. The van der Waals surface area contributed by atoms with Crippen molar-refractivity contribution >= 4 is 21.6 Å². The fraction of sp³-hybridized carbons (Fsp3) is 0.125. The van der Waals surface area contributed by atoms with Gasteiger partial charge >= 0.3 is 6.18 Å². The fourth-order valence-electron chi connectivity index (χ4n) is 1.67. The first-order chi connectivity index (χ1) is 9.95. The number of rotatable bonds is 2. The van der Waals surface area contributed by atoms with Gasteiger partial charge in [-0.25, -0.2) is 0 Å². The topological polar surface area (TPSA) is 12.0 Å². The van der Waals surface area contributed by atoms with Gasteiger partial charge in [-0.1, -0.05) is 46.0 Å². The van der Waals surface area contributed by atoms with E-state index in [2.05, 4.69) is 33.1 Å². The van der Waals surface area contributed by atoms with Crippen molar-refractivity contribution in [3.63, 3.8) is 0 Å². The van der Waals surface area contributed by atoms with Crippen molar-refractivity contribution in [1.82, 2.24) is 0 Å². The number of nitrogens with one attached hydrogen (secondary N) is 1. The minimum atomic E-state index is -4.37. The average Bonchev–Trinajstić information content (AvgIpc) is 2.43. The molecule has 2 aromatic carbocycles. The quantitative estimate of drug-likeness (QED) is 0.754. The van der Waals surface area contributed by atoms with Crippen LogP contribution in [0.15, 0.2) is 53.0 Å². The van der Waals surface area contributed by atoms with E-state index in [4.69, 9.17) is 0 Å². The maximum Gasteiger partial charge on any atom is 0.416 e. The Bertz CT molecular complexity index is 669. The molecule has 0 amide bonds. The maximum atomic E-state index is 12.7. The van der Waals surface area contributed by atoms with Crippen LogP contribution >= 0.6 is 15.9 Å². The summed E-state index contributed by atoms with van der Waals surface area (Å²) in [6, 6.07) is 13.1. The first kappa shape index (κ1) is 15.5. The number of alkyl halides is 3. The van der Waals surface area contributed by atoms with Crippen LogP contribution in [0.5, 0.6) is 0 Å². The largest absolute Gasteiger partial charge is 0.416 e. The third-order valence-corrected chi connectivity index (χ3v) is 3.07. The van der Waals surface area contributed by atoms with Crippen LogP contribution in [0.4, 0.5) is 18.9 Å². The Balaban J connectivity index is 2.04. The molecule has 0 fully saturated rings. The zero-order valence-corrected chi connectivity index (χ0v) is 12.4. The number of benzene rings is 2. The van der Waals surface area contributed by atoms with Crippen LogP contribution in [0.2, 0.25) is 0 Å². The van der Waals surface area contributed by atoms with Gasteiger partial charge in [0.25, 0.3) is 0 Å². The molecule has 0 saturated carbocycles. The Morgan fingerprint density at radius 3 is 2.43 bits per heavy atom. The molecule has 0 spiro atoms. The van der Waals surface area contributed by atoms with Gasteiger partial charge in [-0.05, 0) is 30.3 Å². The lowest BCUT2D eigenvalue weighted by atomic mass is 10.2. The molecule has 2 aromatic rings. The fourth-order valence-corrected chi connectivity index (χ4v) is 2.16. The van der Waals surface area contributed by atoms with E-state index in [0.717, 1.165) is 17.7 Å². The van der Waals surface area contributed by atoms with Gasteiger partial charge in [0, 0.05) is 15.7 Å².